The average molecular weight is 501 g/mol. The monoisotopic (exact) mass is 500 g/mol. The molecule has 0 aliphatic carbocycles. The molecule has 10 heteroatoms. The molecule has 3 aromatic carbocycles. The number of piperidine rings is 1. The first-order chi connectivity index (χ1) is 17.5. The van der Waals surface area contributed by atoms with E-state index in [0.717, 1.165) is 16.3 Å². The van der Waals surface area contributed by atoms with Gasteiger partial charge in [-0.1, -0.05) is 59.8 Å². The van der Waals surface area contributed by atoms with E-state index in [1.807, 2.05) is 18.2 Å². The highest BCUT2D eigenvalue weighted by atomic mass is 32.2. The number of rotatable bonds is 5. The molecule has 0 unspecified atom stereocenters. The number of hydrogen-bond donors (Lipinski definition) is 1. The van der Waals surface area contributed by atoms with Crippen LogP contribution in [0.2, 0.25) is 0 Å². The third kappa shape index (κ3) is 4.08. The number of nitrogens with one attached hydrogen (secondary N) is 1. The van der Waals surface area contributed by atoms with E-state index in [1.54, 1.807) is 35.0 Å². The van der Waals surface area contributed by atoms with Crippen LogP contribution in [-0.2, 0) is 16.6 Å². The number of aromatic amines is 1. The number of benzene rings is 3. The van der Waals surface area contributed by atoms with Gasteiger partial charge in [-0.15, -0.1) is 5.10 Å². The number of H-pyrrole nitrogens is 1. The summed E-state index contributed by atoms with van der Waals surface area (Å²) in [5.41, 5.74) is 1.33. The first kappa shape index (κ1) is 22.6. The molecule has 0 saturated carbocycles. The highest BCUT2D eigenvalue weighted by Crippen LogP contribution is 2.29. The fraction of sp³-hybridized carbons (Fsp3) is 0.231. The maximum atomic E-state index is 13.0. The molecular weight excluding hydrogens is 476 g/mol. The molecule has 6 rings (SSSR count). The second-order valence-electron chi connectivity index (χ2n) is 9.04. The van der Waals surface area contributed by atoms with Gasteiger partial charge in [0.1, 0.15) is 5.82 Å². The molecule has 5 aromatic rings. The smallest absolute Gasteiger partial charge is 0.281 e. The lowest BCUT2D eigenvalue weighted by atomic mass is 9.97. The molecule has 1 aliphatic rings. The van der Waals surface area contributed by atoms with E-state index in [0.29, 0.717) is 48.8 Å². The minimum absolute atomic E-state index is 0.0617. The van der Waals surface area contributed by atoms with E-state index in [4.69, 9.17) is 4.98 Å². The Morgan fingerprint density at radius 2 is 1.64 bits per heavy atom. The lowest BCUT2D eigenvalue weighted by molar-refractivity contribution is 0.313. The number of fused-ring (bicyclic) bond motifs is 2. The molecule has 1 N–H and O–H groups in total. The topological polar surface area (TPSA) is 114 Å². The van der Waals surface area contributed by atoms with Gasteiger partial charge in [0, 0.05) is 19.0 Å². The van der Waals surface area contributed by atoms with Gasteiger partial charge in [0.2, 0.25) is 10.0 Å². The lowest BCUT2D eigenvalue weighted by Gasteiger charge is -2.30. The van der Waals surface area contributed by atoms with Crippen LogP contribution in [0.15, 0.2) is 82.5 Å². The Hall–Kier alpha value is -3.89. The summed E-state index contributed by atoms with van der Waals surface area (Å²) < 4.78 is 29.1. The molecule has 9 nitrogen and oxygen atoms in total. The Kier molecular flexibility index (Phi) is 5.62. The van der Waals surface area contributed by atoms with Crippen LogP contribution in [0.25, 0.3) is 21.9 Å². The van der Waals surface area contributed by atoms with Crippen LogP contribution >= 0.6 is 0 Å². The van der Waals surface area contributed by atoms with Crippen molar-refractivity contribution in [2.45, 2.75) is 30.2 Å². The molecular formula is C26H24N6O3S. The van der Waals surface area contributed by atoms with Crippen molar-refractivity contribution in [3.63, 3.8) is 0 Å². The Morgan fingerprint density at radius 1 is 0.917 bits per heavy atom. The molecule has 1 aliphatic heterocycles. The van der Waals surface area contributed by atoms with Crippen molar-refractivity contribution < 1.29 is 8.42 Å². The normalized spacial score (nSPS) is 15.6. The van der Waals surface area contributed by atoms with Gasteiger partial charge in [-0.3, -0.25) is 4.79 Å². The first-order valence-electron chi connectivity index (χ1n) is 11.9. The molecule has 36 heavy (non-hydrogen) atoms. The third-order valence-electron chi connectivity index (χ3n) is 6.76. The third-order valence-corrected chi connectivity index (χ3v) is 8.67. The molecule has 0 bridgehead atoms. The zero-order chi connectivity index (χ0) is 24.7. The minimum Gasteiger partial charge on any atom is -0.308 e. The average Bonchev–Trinajstić information content (AvgIpc) is 3.32. The van der Waals surface area contributed by atoms with Crippen molar-refractivity contribution >= 4 is 32.0 Å². The van der Waals surface area contributed by atoms with Gasteiger partial charge in [0.15, 0.2) is 11.2 Å². The van der Waals surface area contributed by atoms with Crippen LogP contribution in [0.5, 0.6) is 0 Å². The Morgan fingerprint density at radius 3 is 2.42 bits per heavy atom. The summed E-state index contributed by atoms with van der Waals surface area (Å²) in [6.07, 6.45) is 1.12. The number of nitrogens with zero attached hydrogens (tertiary/aromatic N) is 5. The summed E-state index contributed by atoms with van der Waals surface area (Å²) in [6.45, 7) is 1.15. The quantitative estimate of drug-likeness (QED) is 0.396. The van der Waals surface area contributed by atoms with E-state index >= 15 is 0 Å². The summed E-state index contributed by atoms with van der Waals surface area (Å²) in [4.78, 5) is 20.7. The summed E-state index contributed by atoms with van der Waals surface area (Å²) in [7, 11) is -3.54. The summed E-state index contributed by atoms with van der Waals surface area (Å²) in [5.74, 6) is 0.486. The van der Waals surface area contributed by atoms with Gasteiger partial charge < -0.3 is 4.98 Å². The molecule has 182 valence electrons. The van der Waals surface area contributed by atoms with Crippen LogP contribution in [0.3, 0.4) is 0 Å². The Bertz CT molecular complexity index is 1720. The summed E-state index contributed by atoms with van der Waals surface area (Å²) in [5, 5.41) is 10.5. The highest BCUT2D eigenvalue weighted by Gasteiger charge is 2.31. The van der Waals surface area contributed by atoms with Crippen molar-refractivity contribution in [1.29, 1.82) is 0 Å². The zero-order valence-electron chi connectivity index (χ0n) is 19.4. The maximum absolute atomic E-state index is 13.0. The van der Waals surface area contributed by atoms with Crippen LogP contribution in [0, 0.1) is 0 Å². The maximum Gasteiger partial charge on any atom is 0.281 e. The zero-order valence-corrected chi connectivity index (χ0v) is 20.2. The van der Waals surface area contributed by atoms with Crippen molar-refractivity contribution in [3.05, 3.63) is 94.5 Å². The van der Waals surface area contributed by atoms with Gasteiger partial charge >= 0.3 is 0 Å². The second-order valence-corrected chi connectivity index (χ2v) is 11.0. The molecule has 1 fully saturated rings. The highest BCUT2D eigenvalue weighted by molar-refractivity contribution is 7.89. The largest absolute Gasteiger partial charge is 0.308 e. The Labute approximate surface area is 207 Å². The number of aromatic nitrogens is 5. The fourth-order valence-corrected chi connectivity index (χ4v) is 6.30. The van der Waals surface area contributed by atoms with Gasteiger partial charge in [-0.05, 0) is 47.4 Å². The van der Waals surface area contributed by atoms with Crippen molar-refractivity contribution in [2.75, 3.05) is 13.1 Å². The predicted molar refractivity (Wildman–Crippen MR) is 136 cm³/mol. The second kappa shape index (κ2) is 8.96. The van der Waals surface area contributed by atoms with Gasteiger partial charge in [-0.25, -0.2) is 18.1 Å². The van der Waals surface area contributed by atoms with Crippen molar-refractivity contribution in [2.24, 2.45) is 0 Å². The standard InChI is InChI=1S/C26H24N6O3S/c33-26-23-25(32(30-29-23)17-18-10-11-19-6-4-5-7-21(19)16-18)27-24(28-26)20-12-14-31(15-13-20)36(34,35)22-8-2-1-3-9-22/h1-11,16,20H,12-15,17H2,(H,27,28,33). The lowest BCUT2D eigenvalue weighted by Crippen LogP contribution is -2.38. The molecule has 0 amide bonds. The summed E-state index contributed by atoms with van der Waals surface area (Å²) in [6, 6.07) is 22.8. The van der Waals surface area contributed by atoms with E-state index in [-0.39, 0.29) is 17.0 Å². The van der Waals surface area contributed by atoms with Gasteiger partial charge in [0.25, 0.3) is 5.56 Å². The SMILES string of the molecule is O=c1[nH]c(C2CCN(S(=O)(=O)c3ccccc3)CC2)nc2c1nnn2Cc1ccc2ccccc2c1. The fourth-order valence-electron chi connectivity index (χ4n) is 4.80. The first-order valence-corrected chi connectivity index (χ1v) is 13.3. The van der Waals surface area contributed by atoms with E-state index < -0.39 is 10.0 Å². The van der Waals surface area contributed by atoms with Crippen molar-refractivity contribution in [1.82, 2.24) is 29.3 Å². The van der Waals surface area contributed by atoms with Crippen molar-refractivity contribution in [3.8, 4) is 0 Å². The predicted octanol–water partition coefficient (Wildman–Crippen LogP) is 3.28. The van der Waals surface area contributed by atoms with E-state index in [1.165, 1.54) is 4.31 Å². The van der Waals surface area contributed by atoms with Gasteiger partial charge in [-0.2, -0.15) is 4.31 Å². The molecule has 3 heterocycles. The molecule has 0 atom stereocenters. The van der Waals surface area contributed by atoms with Crippen LogP contribution < -0.4 is 5.56 Å². The molecule has 0 spiro atoms. The van der Waals surface area contributed by atoms with Crippen LogP contribution in [0.1, 0.15) is 30.1 Å². The number of sulfonamides is 1. The molecule has 2 aromatic heterocycles. The molecule has 1 saturated heterocycles. The number of hydrogen-bond acceptors (Lipinski definition) is 6. The van der Waals surface area contributed by atoms with E-state index in [2.05, 4.69) is 39.6 Å². The molecule has 0 radical (unpaired) electrons. The van der Waals surface area contributed by atoms with Gasteiger partial charge in [0.05, 0.1) is 11.4 Å². The minimum atomic E-state index is -3.54. The van der Waals surface area contributed by atoms with Crippen LogP contribution in [0.4, 0.5) is 0 Å². The Balaban J connectivity index is 1.25. The van der Waals surface area contributed by atoms with E-state index in [9.17, 15) is 13.2 Å². The summed E-state index contributed by atoms with van der Waals surface area (Å²) >= 11 is 0. The van der Waals surface area contributed by atoms with Crippen LogP contribution in [-0.4, -0.2) is 50.8 Å².